The molecule has 2 aliphatic rings. The first-order chi connectivity index (χ1) is 13.3. The Balaban J connectivity index is 1.61. The average Bonchev–Trinajstić information content (AvgIpc) is 3.38. The first-order valence-corrected chi connectivity index (χ1v) is 10.5. The van der Waals surface area contributed by atoms with Crippen LogP contribution < -0.4 is 19.1 Å². The zero-order chi connectivity index (χ0) is 20.1. The molecule has 2 unspecified atom stereocenters. The van der Waals surface area contributed by atoms with E-state index in [1.807, 2.05) is 0 Å². The lowest BCUT2D eigenvalue weighted by Gasteiger charge is -2.23. The van der Waals surface area contributed by atoms with Gasteiger partial charge in [0.25, 0.3) is 0 Å². The van der Waals surface area contributed by atoms with Gasteiger partial charge in [-0.2, -0.15) is 0 Å². The van der Waals surface area contributed by atoms with Gasteiger partial charge in [-0.1, -0.05) is 11.6 Å². The molecule has 28 heavy (non-hydrogen) atoms. The number of halogens is 1. The second kappa shape index (κ2) is 6.56. The van der Waals surface area contributed by atoms with Gasteiger partial charge in [0, 0.05) is 23.6 Å². The highest BCUT2D eigenvalue weighted by molar-refractivity contribution is 7.95. The fourth-order valence-electron chi connectivity index (χ4n) is 3.71. The van der Waals surface area contributed by atoms with Crippen LogP contribution in [0, 0.1) is 5.92 Å². The fraction of sp³-hybridized carbons (Fsp3) is 0.316. The molecule has 7 nitrogen and oxygen atoms in total. The molecule has 1 amide bonds. The largest absolute Gasteiger partial charge is 0.497 e. The van der Waals surface area contributed by atoms with E-state index in [9.17, 15) is 13.2 Å². The quantitative estimate of drug-likeness (QED) is 0.800. The smallest absolute Gasteiger partial charge is 0.250 e. The summed E-state index contributed by atoms with van der Waals surface area (Å²) in [7, 11) is -0.864. The molecule has 0 bridgehead atoms. The second-order valence-electron chi connectivity index (χ2n) is 6.82. The Labute approximate surface area is 168 Å². The van der Waals surface area contributed by atoms with Crippen LogP contribution >= 0.6 is 11.6 Å². The van der Waals surface area contributed by atoms with Crippen LogP contribution in [-0.2, 0) is 14.8 Å². The Morgan fingerprint density at radius 3 is 2.54 bits per heavy atom. The fourth-order valence-corrected chi connectivity index (χ4v) is 6.19. The molecule has 0 spiro atoms. The van der Waals surface area contributed by atoms with Crippen molar-refractivity contribution in [2.45, 2.75) is 11.2 Å². The third-order valence-electron chi connectivity index (χ3n) is 5.34. The molecule has 2 aromatic rings. The first-order valence-electron chi connectivity index (χ1n) is 8.65. The molecular formula is C19H19ClN2O5S. The molecule has 2 atom stereocenters. The van der Waals surface area contributed by atoms with Gasteiger partial charge in [-0.25, -0.2) is 8.42 Å². The minimum absolute atomic E-state index is 0.252. The van der Waals surface area contributed by atoms with Crippen molar-refractivity contribution in [1.29, 1.82) is 0 Å². The van der Waals surface area contributed by atoms with Crippen molar-refractivity contribution in [3.63, 3.8) is 0 Å². The minimum Gasteiger partial charge on any atom is -0.497 e. The molecule has 9 heteroatoms. The van der Waals surface area contributed by atoms with Crippen LogP contribution in [0.3, 0.4) is 0 Å². The Hall–Kier alpha value is -2.45. The number of carbonyl (C=O) groups is 1. The van der Waals surface area contributed by atoms with Crippen molar-refractivity contribution in [2.24, 2.45) is 5.92 Å². The topological polar surface area (TPSA) is 84.9 Å². The third kappa shape index (κ3) is 2.70. The number of carbonyl (C=O) groups excluding carboxylic acids is 1. The lowest BCUT2D eigenvalue weighted by molar-refractivity contribution is -0.116. The molecule has 1 aliphatic heterocycles. The highest BCUT2D eigenvalue weighted by atomic mass is 35.5. The Morgan fingerprint density at radius 2 is 1.89 bits per heavy atom. The molecule has 1 aliphatic carbocycles. The van der Waals surface area contributed by atoms with Gasteiger partial charge < -0.3 is 14.8 Å². The van der Waals surface area contributed by atoms with E-state index < -0.39 is 20.7 Å². The summed E-state index contributed by atoms with van der Waals surface area (Å²) in [6.07, 6.45) is 0.309. The van der Waals surface area contributed by atoms with Gasteiger partial charge in [-0.15, -0.1) is 0 Å². The van der Waals surface area contributed by atoms with Gasteiger partial charge in [0.2, 0.25) is 15.9 Å². The summed E-state index contributed by atoms with van der Waals surface area (Å²) in [5.74, 6) is 0.167. The highest BCUT2D eigenvalue weighted by Gasteiger charge is 2.75. The van der Waals surface area contributed by atoms with Gasteiger partial charge in [0.1, 0.15) is 11.5 Å². The van der Waals surface area contributed by atoms with Crippen LogP contribution in [0.15, 0.2) is 42.5 Å². The Bertz CT molecular complexity index is 1040. The van der Waals surface area contributed by atoms with Crippen LogP contribution in [0.25, 0.3) is 0 Å². The van der Waals surface area contributed by atoms with Crippen LogP contribution in [-0.4, -0.2) is 39.8 Å². The molecule has 1 N–H and O–H groups in total. The van der Waals surface area contributed by atoms with Gasteiger partial charge in [0.05, 0.1) is 25.6 Å². The monoisotopic (exact) mass is 422 g/mol. The predicted octanol–water partition coefficient (Wildman–Crippen LogP) is 2.90. The molecule has 2 fully saturated rings. The van der Waals surface area contributed by atoms with Crippen LogP contribution in [0.2, 0.25) is 5.02 Å². The molecule has 1 saturated heterocycles. The summed E-state index contributed by atoms with van der Waals surface area (Å²) in [6.45, 7) is 0.275. The third-order valence-corrected chi connectivity index (χ3v) is 8.14. The van der Waals surface area contributed by atoms with Gasteiger partial charge in [-0.05, 0) is 42.8 Å². The first kappa shape index (κ1) is 18.9. The van der Waals surface area contributed by atoms with E-state index in [2.05, 4.69) is 5.32 Å². The second-order valence-corrected chi connectivity index (χ2v) is 9.38. The summed E-state index contributed by atoms with van der Waals surface area (Å²) in [4.78, 5) is 13.0. The SMILES string of the molecule is COc1ccc(NC(=O)C23CC2CN(c2ccc(Cl)cc2)S3(=O)=O)c(OC)c1. The summed E-state index contributed by atoms with van der Waals surface area (Å²) in [5.41, 5.74) is 0.902. The Morgan fingerprint density at radius 1 is 1.18 bits per heavy atom. The van der Waals surface area contributed by atoms with Crippen molar-refractivity contribution in [3.05, 3.63) is 47.5 Å². The number of anilines is 2. The van der Waals surface area contributed by atoms with E-state index in [0.29, 0.717) is 34.3 Å². The summed E-state index contributed by atoms with van der Waals surface area (Å²) >= 11 is 5.89. The highest BCUT2D eigenvalue weighted by Crippen LogP contribution is 2.58. The van der Waals surface area contributed by atoms with Crippen molar-refractivity contribution in [1.82, 2.24) is 0 Å². The maximum absolute atomic E-state index is 13.2. The van der Waals surface area contributed by atoms with Gasteiger partial charge in [0.15, 0.2) is 4.75 Å². The number of ether oxygens (including phenoxy) is 2. The average molecular weight is 423 g/mol. The van der Waals surface area contributed by atoms with Crippen LogP contribution in [0.5, 0.6) is 11.5 Å². The Kier molecular flexibility index (Phi) is 4.43. The number of hydrogen-bond acceptors (Lipinski definition) is 5. The van der Waals surface area contributed by atoms with E-state index in [4.69, 9.17) is 21.1 Å². The normalized spacial score (nSPS) is 24.4. The maximum Gasteiger partial charge on any atom is 0.250 e. The van der Waals surface area contributed by atoms with Crippen LogP contribution in [0.4, 0.5) is 11.4 Å². The molecule has 1 heterocycles. The lowest BCUT2D eigenvalue weighted by atomic mass is 10.2. The maximum atomic E-state index is 13.2. The molecule has 0 radical (unpaired) electrons. The summed E-state index contributed by atoms with van der Waals surface area (Å²) in [5, 5.41) is 3.25. The number of nitrogens with zero attached hydrogens (tertiary/aromatic N) is 1. The number of nitrogens with one attached hydrogen (secondary N) is 1. The summed E-state index contributed by atoms with van der Waals surface area (Å²) in [6, 6.07) is 11.5. The molecular weight excluding hydrogens is 404 g/mol. The molecule has 4 rings (SSSR count). The number of hydrogen-bond donors (Lipinski definition) is 1. The molecule has 0 aromatic heterocycles. The number of amides is 1. The van der Waals surface area contributed by atoms with Crippen LogP contribution in [0.1, 0.15) is 6.42 Å². The zero-order valence-electron chi connectivity index (χ0n) is 15.3. The van der Waals surface area contributed by atoms with E-state index >= 15 is 0 Å². The predicted molar refractivity (Wildman–Crippen MR) is 107 cm³/mol. The number of fused-ring (bicyclic) bond motifs is 1. The van der Waals surface area contributed by atoms with Crippen molar-refractivity contribution >= 4 is 38.9 Å². The minimum atomic E-state index is -3.86. The lowest BCUT2D eigenvalue weighted by Crippen LogP contribution is -2.42. The number of methoxy groups -OCH3 is 2. The zero-order valence-corrected chi connectivity index (χ0v) is 16.9. The summed E-state index contributed by atoms with van der Waals surface area (Å²) < 4.78 is 36.7. The number of rotatable bonds is 5. The molecule has 1 saturated carbocycles. The van der Waals surface area contributed by atoms with E-state index in [0.717, 1.165) is 0 Å². The van der Waals surface area contributed by atoms with Gasteiger partial charge >= 0.3 is 0 Å². The van der Waals surface area contributed by atoms with Crippen molar-refractivity contribution < 1.29 is 22.7 Å². The molecule has 2 aromatic carbocycles. The van der Waals surface area contributed by atoms with Crippen molar-refractivity contribution in [2.75, 3.05) is 30.4 Å². The molecule has 148 valence electrons. The number of benzene rings is 2. The van der Waals surface area contributed by atoms with Crippen molar-refractivity contribution in [3.8, 4) is 11.5 Å². The van der Waals surface area contributed by atoms with E-state index in [1.165, 1.54) is 18.5 Å². The van der Waals surface area contributed by atoms with E-state index in [1.54, 1.807) is 42.5 Å². The number of sulfonamides is 1. The van der Waals surface area contributed by atoms with E-state index in [-0.39, 0.29) is 12.5 Å². The van der Waals surface area contributed by atoms with Gasteiger partial charge in [-0.3, -0.25) is 9.10 Å². The standard InChI is InChI=1S/C19H19ClN2O5S/c1-26-15-7-8-16(17(9-15)27-2)21-18(23)19-10-12(19)11-22(28(19,24)25)14-5-3-13(20)4-6-14/h3-9,12H,10-11H2,1-2H3,(H,21,23).